The molecule has 0 saturated carbocycles. The minimum Gasteiger partial charge on any atom is -0.450 e. The fraction of sp³-hybridized carbons (Fsp3) is 0.700. The van der Waals surface area contributed by atoms with Crippen molar-refractivity contribution in [3.63, 3.8) is 0 Å². The number of carbonyl (C=O) groups is 1. The minimum absolute atomic E-state index is 0.546. The molecule has 0 spiro atoms. The third kappa shape index (κ3) is 9.16. The lowest BCUT2D eigenvalue weighted by molar-refractivity contribution is -0.147. The number of rotatable bonds is 2. The van der Waals surface area contributed by atoms with Gasteiger partial charge in [0.25, 0.3) is 0 Å². The maximum atomic E-state index is 11.8. The van der Waals surface area contributed by atoms with E-state index >= 15 is 0 Å². The highest BCUT2D eigenvalue weighted by Gasteiger charge is 2.14. The van der Waals surface area contributed by atoms with Gasteiger partial charge in [-0.05, 0) is 20.8 Å². The molecule has 0 rings (SSSR count). The first-order chi connectivity index (χ1) is 6.70. The van der Waals surface area contributed by atoms with Crippen molar-refractivity contribution in [2.24, 2.45) is 5.73 Å². The lowest BCUT2D eigenvalue weighted by atomic mass is 10.2. The summed E-state index contributed by atoms with van der Waals surface area (Å²) in [7, 11) is 0. The van der Waals surface area contributed by atoms with E-state index in [2.05, 4.69) is 11.8 Å². The Morgan fingerprint density at radius 2 is 2.00 bits per heavy atom. The molecular formula is C10H15F2NO2. The molecule has 0 fully saturated rings. The molecule has 0 aliphatic rings. The highest BCUT2D eigenvalue weighted by atomic mass is 19.3. The second-order valence-electron chi connectivity index (χ2n) is 4.00. The van der Waals surface area contributed by atoms with Crippen LogP contribution >= 0.6 is 0 Å². The molecule has 15 heavy (non-hydrogen) atoms. The largest absolute Gasteiger partial charge is 0.450 e. The molecule has 3 nitrogen and oxygen atoms in total. The zero-order valence-corrected chi connectivity index (χ0v) is 9.01. The van der Waals surface area contributed by atoms with E-state index < -0.39 is 30.5 Å². The highest BCUT2D eigenvalue weighted by Crippen LogP contribution is 2.06. The maximum absolute atomic E-state index is 11.8. The van der Waals surface area contributed by atoms with Gasteiger partial charge in [0.1, 0.15) is 5.60 Å². The smallest absolute Gasteiger partial charge is 0.384 e. The Morgan fingerprint density at radius 3 is 2.40 bits per heavy atom. The molecule has 0 amide bonds. The molecule has 86 valence electrons. The quantitative estimate of drug-likeness (QED) is 0.433. The predicted molar refractivity (Wildman–Crippen MR) is 52.2 cm³/mol. The van der Waals surface area contributed by atoms with Crippen LogP contribution in [0.1, 0.15) is 27.2 Å². The number of esters is 1. The van der Waals surface area contributed by atoms with Crippen molar-refractivity contribution < 1.29 is 18.3 Å². The average Bonchev–Trinajstić information content (AvgIpc) is 1.96. The van der Waals surface area contributed by atoms with Gasteiger partial charge in [0.15, 0.2) is 0 Å². The van der Waals surface area contributed by atoms with Crippen LogP contribution in [0.2, 0.25) is 0 Å². The Morgan fingerprint density at radius 1 is 1.47 bits per heavy atom. The zero-order valence-electron chi connectivity index (χ0n) is 9.01. The van der Waals surface area contributed by atoms with Crippen LogP contribution in [0.4, 0.5) is 8.78 Å². The van der Waals surface area contributed by atoms with Crippen molar-refractivity contribution in [1.82, 2.24) is 0 Å². The number of alkyl halides is 2. The van der Waals surface area contributed by atoms with E-state index in [9.17, 15) is 13.6 Å². The van der Waals surface area contributed by atoms with E-state index in [4.69, 9.17) is 10.5 Å². The molecule has 2 N–H and O–H groups in total. The SMILES string of the molecule is CC(C)(C)OC(=O)C#CC(N)CC(F)F. The molecule has 1 unspecified atom stereocenters. The van der Waals surface area contributed by atoms with Gasteiger partial charge in [0.05, 0.1) is 6.04 Å². The molecule has 0 heterocycles. The fourth-order valence-electron chi connectivity index (χ4n) is 0.706. The summed E-state index contributed by atoms with van der Waals surface area (Å²) in [6.07, 6.45) is -3.07. The first-order valence-corrected chi connectivity index (χ1v) is 4.49. The molecule has 0 aliphatic heterocycles. The van der Waals surface area contributed by atoms with E-state index in [1.807, 2.05) is 0 Å². The third-order valence-corrected chi connectivity index (χ3v) is 1.19. The number of nitrogens with two attached hydrogens (primary N) is 1. The van der Waals surface area contributed by atoms with E-state index in [0.29, 0.717) is 0 Å². The van der Waals surface area contributed by atoms with Gasteiger partial charge >= 0.3 is 5.97 Å². The molecule has 0 aromatic carbocycles. The van der Waals surface area contributed by atoms with Gasteiger partial charge in [-0.25, -0.2) is 13.6 Å². The molecule has 0 bridgehead atoms. The Kier molecular flexibility index (Phi) is 5.23. The summed E-state index contributed by atoms with van der Waals surface area (Å²) in [4.78, 5) is 11.0. The summed E-state index contributed by atoms with van der Waals surface area (Å²) >= 11 is 0. The van der Waals surface area contributed by atoms with Crippen LogP contribution in [0.5, 0.6) is 0 Å². The summed E-state index contributed by atoms with van der Waals surface area (Å²) in [6.45, 7) is 5.06. The fourth-order valence-corrected chi connectivity index (χ4v) is 0.706. The molecule has 0 saturated heterocycles. The van der Waals surface area contributed by atoms with Gasteiger partial charge in [-0.3, -0.25) is 0 Å². The molecule has 0 radical (unpaired) electrons. The van der Waals surface area contributed by atoms with Gasteiger partial charge in [0.2, 0.25) is 6.43 Å². The Hall–Kier alpha value is -1.15. The number of hydrogen-bond donors (Lipinski definition) is 1. The van der Waals surface area contributed by atoms with Gasteiger partial charge < -0.3 is 10.5 Å². The lowest BCUT2D eigenvalue weighted by Crippen LogP contribution is -2.24. The van der Waals surface area contributed by atoms with Crippen molar-refractivity contribution in [1.29, 1.82) is 0 Å². The first-order valence-electron chi connectivity index (χ1n) is 4.49. The Bertz CT molecular complexity index is 273. The summed E-state index contributed by atoms with van der Waals surface area (Å²) in [5, 5.41) is 0. The number of halogens is 2. The Balaban J connectivity index is 4.11. The van der Waals surface area contributed by atoms with Crippen LogP contribution in [0, 0.1) is 11.8 Å². The molecule has 5 heteroatoms. The van der Waals surface area contributed by atoms with Crippen LogP contribution in [-0.4, -0.2) is 24.0 Å². The van der Waals surface area contributed by atoms with Crippen LogP contribution < -0.4 is 5.73 Å². The molecular weight excluding hydrogens is 204 g/mol. The molecule has 0 aromatic rings. The van der Waals surface area contributed by atoms with Gasteiger partial charge in [0, 0.05) is 12.3 Å². The second kappa shape index (κ2) is 5.66. The van der Waals surface area contributed by atoms with Crippen molar-refractivity contribution in [2.75, 3.05) is 0 Å². The number of hydrogen-bond acceptors (Lipinski definition) is 3. The predicted octanol–water partition coefficient (Wildman–Crippen LogP) is 1.31. The molecule has 0 aromatic heterocycles. The van der Waals surface area contributed by atoms with E-state index in [1.54, 1.807) is 20.8 Å². The van der Waals surface area contributed by atoms with Crippen molar-refractivity contribution in [3.8, 4) is 11.8 Å². The highest BCUT2D eigenvalue weighted by molar-refractivity contribution is 5.88. The van der Waals surface area contributed by atoms with E-state index in [-0.39, 0.29) is 0 Å². The van der Waals surface area contributed by atoms with Crippen molar-refractivity contribution in [2.45, 2.75) is 45.3 Å². The standard InChI is InChI=1S/C10H15F2NO2/c1-10(2,3)15-9(14)5-4-7(13)6-8(11)12/h7-8H,6,13H2,1-3H3. The number of ether oxygens (including phenoxy) is 1. The topological polar surface area (TPSA) is 52.3 Å². The first kappa shape index (κ1) is 13.8. The number of carbonyl (C=O) groups excluding carboxylic acids is 1. The maximum Gasteiger partial charge on any atom is 0.384 e. The third-order valence-electron chi connectivity index (χ3n) is 1.19. The van der Waals surface area contributed by atoms with E-state index in [1.165, 1.54) is 0 Å². The minimum atomic E-state index is -2.52. The second-order valence-corrected chi connectivity index (χ2v) is 4.00. The van der Waals surface area contributed by atoms with Gasteiger partial charge in [-0.2, -0.15) is 0 Å². The van der Waals surface area contributed by atoms with Gasteiger partial charge in [-0.1, -0.05) is 5.92 Å². The summed E-state index contributed by atoms with van der Waals surface area (Å²) in [5.74, 6) is 3.53. The monoisotopic (exact) mass is 219 g/mol. The average molecular weight is 219 g/mol. The lowest BCUT2D eigenvalue weighted by Gasteiger charge is -2.17. The van der Waals surface area contributed by atoms with Crippen LogP contribution in [0.3, 0.4) is 0 Å². The van der Waals surface area contributed by atoms with Crippen molar-refractivity contribution in [3.05, 3.63) is 0 Å². The summed E-state index contributed by atoms with van der Waals surface area (Å²) in [5.41, 5.74) is 4.58. The van der Waals surface area contributed by atoms with Crippen LogP contribution in [0.25, 0.3) is 0 Å². The van der Waals surface area contributed by atoms with Crippen LogP contribution in [-0.2, 0) is 9.53 Å². The zero-order chi connectivity index (χ0) is 12.1. The summed E-state index contributed by atoms with van der Waals surface area (Å²) in [6, 6.07) is -1.00. The van der Waals surface area contributed by atoms with Crippen molar-refractivity contribution >= 4 is 5.97 Å². The normalized spacial score (nSPS) is 13.0. The molecule has 1 atom stereocenters. The summed E-state index contributed by atoms with van der Waals surface area (Å²) < 4.78 is 28.5. The van der Waals surface area contributed by atoms with Crippen LogP contribution in [0.15, 0.2) is 0 Å². The van der Waals surface area contributed by atoms with Gasteiger partial charge in [-0.15, -0.1) is 0 Å². The molecule has 0 aliphatic carbocycles. The van der Waals surface area contributed by atoms with E-state index in [0.717, 1.165) is 0 Å². The Labute approximate surface area is 88.0 Å².